The van der Waals surface area contributed by atoms with Gasteiger partial charge in [0.2, 0.25) is 0 Å². The zero-order valence-corrected chi connectivity index (χ0v) is 6.76. The molecule has 0 radical (unpaired) electrons. The Hall–Kier alpha value is -0.960. The van der Waals surface area contributed by atoms with E-state index in [1.54, 1.807) is 6.07 Å². The first-order chi connectivity index (χ1) is 5.86. The summed E-state index contributed by atoms with van der Waals surface area (Å²) in [6, 6.07) is 3.24. The maximum atomic E-state index is 12.5. The lowest BCUT2D eigenvalue weighted by atomic mass is 10.0. The fraction of sp³-hybridized carbons (Fsp3) is 0.444. The number of nitrogens with one attached hydrogen (secondary N) is 1. The van der Waals surface area contributed by atoms with Crippen molar-refractivity contribution < 1.29 is 4.39 Å². The molecule has 1 aromatic rings. The monoisotopic (exact) mass is 166 g/mol. The minimum absolute atomic E-state index is 0.260. The molecule has 1 N–H and O–H groups in total. The van der Waals surface area contributed by atoms with E-state index in [2.05, 4.69) is 10.3 Å². The molecule has 12 heavy (non-hydrogen) atoms. The number of aromatic nitrogens is 1. The lowest BCUT2D eigenvalue weighted by molar-refractivity contribution is 0.614. The van der Waals surface area contributed by atoms with Crippen LogP contribution < -0.4 is 5.32 Å². The first kappa shape index (κ1) is 7.68. The fourth-order valence-electron chi connectivity index (χ4n) is 1.54. The highest BCUT2D eigenvalue weighted by molar-refractivity contribution is 5.12. The highest BCUT2D eigenvalue weighted by Crippen LogP contribution is 2.19. The summed E-state index contributed by atoms with van der Waals surface area (Å²) in [4.78, 5) is 4.05. The first-order valence-corrected chi connectivity index (χ1v) is 4.18. The second-order valence-electron chi connectivity index (χ2n) is 3.09. The number of halogens is 1. The van der Waals surface area contributed by atoms with Gasteiger partial charge in [0.05, 0.1) is 6.20 Å². The number of hydrogen-bond acceptors (Lipinski definition) is 2. The molecular weight excluding hydrogens is 155 g/mol. The van der Waals surface area contributed by atoms with Crippen LogP contribution >= 0.6 is 0 Å². The third-order valence-electron chi connectivity index (χ3n) is 2.23. The average Bonchev–Trinajstić information content (AvgIpc) is 2.58. The Kier molecular flexibility index (Phi) is 2.04. The molecule has 3 heteroatoms. The van der Waals surface area contributed by atoms with Crippen molar-refractivity contribution >= 4 is 0 Å². The summed E-state index contributed by atoms with van der Waals surface area (Å²) in [5, 5.41) is 3.25. The quantitative estimate of drug-likeness (QED) is 0.680. The van der Waals surface area contributed by atoms with Crippen LogP contribution in [0.1, 0.15) is 18.0 Å². The molecule has 0 amide bonds. The predicted octanol–water partition coefficient (Wildman–Crippen LogP) is 1.30. The van der Waals surface area contributed by atoms with Gasteiger partial charge in [-0.2, -0.15) is 0 Å². The molecule has 0 unspecified atom stereocenters. The molecule has 2 rings (SSSR count). The third kappa shape index (κ3) is 1.46. The molecule has 0 aromatic carbocycles. The van der Waals surface area contributed by atoms with Crippen LogP contribution in [0.3, 0.4) is 0 Å². The van der Waals surface area contributed by atoms with Crippen LogP contribution in [0.25, 0.3) is 0 Å². The van der Waals surface area contributed by atoms with Crippen molar-refractivity contribution in [2.45, 2.75) is 12.3 Å². The zero-order valence-electron chi connectivity index (χ0n) is 6.76. The Morgan fingerprint density at radius 3 is 3.00 bits per heavy atom. The third-order valence-corrected chi connectivity index (χ3v) is 2.23. The van der Waals surface area contributed by atoms with E-state index in [1.165, 1.54) is 12.3 Å². The molecule has 0 aliphatic carbocycles. The Bertz CT molecular complexity index is 252. The number of pyridine rings is 1. The first-order valence-electron chi connectivity index (χ1n) is 4.18. The summed E-state index contributed by atoms with van der Waals surface area (Å²) < 4.78 is 12.5. The van der Waals surface area contributed by atoms with Gasteiger partial charge in [-0.15, -0.1) is 0 Å². The fourth-order valence-corrected chi connectivity index (χ4v) is 1.54. The highest BCUT2D eigenvalue weighted by atomic mass is 19.1. The number of hydrogen-bond donors (Lipinski definition) is 1. The lowest BCUT2D eigenvalue weighted by Crippen LogP contribution is -2.08. The molecule has 1 fully saturated rings. The summed E-state index contributed by atoms with van der Waals surface area (Å²) in [5.74, 6) is 0.218. The van der Waals surface area contributed by atoms with E-state index in [-0.39, 0.29) is 5.82 Å². The molecule has 1 atom stereocenters. The summed E-state index contributed by atoms with van der Waals surface area (Å²) in [6.07, 6.45) is 2.40. The molecular formula is C9H11FN2. The molecule has 2 heterocycles. The molecule has 1 aliphatic rings. The summed E-state index contributed by atoms with van der Waals surface area (Å²) in [6.45, 7) is 2.02. The van der Waals surface area contributed by atoms with Crippen molar-refractivity contribution in [1.29, 1.82) is 0 Å². The second kappa shape index (κ2) is 3.19. The van der Waals surface area contributed by atoms with Gasteiger partial charge in [0, 0.05) is 18.2 Å². The molecule has 2 nitrogen and oxygen atoms in total. The van der Waals surface area contributed by atoms with E-state index in [0.717, 1.165) is 25.2 Å². The Morgan fingerprint density at radius 2 is 2.42 bits per heavy atom. The van der Waals surface area contributed by atoms with Crippen LogP contribution in [-0.4, -0.2) is 18.1 Å². The van der Waals surface area contributed by atoms with Crippen LogP contribution in [0.5, 0.6) is 0 Å². The minimum atomic E-state index is -0.260. The van der Waals surface area contributed by atoms with Gasteiger partial charge in [0.15, 0.2) is 0 Å². The van der Waals surface area contributed by atoms with Crippen molar-refractivity contribution in [3.63, 3.8) is 0 Å². The average molecular weight is 166 g/mol. The Balaban J connectivity index is 2.17. The number of rotatable bonds is 1. The molecule has 0 spiro atoms. The van der Waals surface area contributed by atoms with Crippen molar-refractivity contribution in [2.24, 2.45) is 0 Å². The van der Waals surface area contributed by atoms with E-state index in [4.69, 9.17) is 0 Å². The van der Waals surface area contributed by atoms with Crippen molar-refractivity contribution in [3.05, 3.63) is 29.8 Å². The maximum Gasteiger partial charge on any atom is 0.141 e. The smallest absolute Gasteiger partial charge is 0.141 e. The lowest BCUT2D eigenvalue weighted by Gasteiger charge is -2.05. The van der Waals surface area contributed by atoms with Gasteiger partial charge in [0.1, 0.15) is 5.82 Å². The van der Waals surface area contributed by atoms with Crippen LogP contribution in [0.4, 0.5) is 4.39 Å². The molecule has 0 bridgehead atoms. The maximum absolute atomic E-state index is 12.5. The zero-order chi connectivity index (χ0) is 8.39. The van der Waals surface area contributed by atoms with Gasteiger partial charge < -0.3 is 5.32 Å². The van der Waals surface area contributed by atoms with Gasteiger partial charge in [-0.1, -0.05) is 0 Å². The van der Waals surface area contributed by atoms with E-state index < -0.39 is 0 Å². The van der Waals surface area contributed by atoms with Crippen molar-refractivity contribution in [3.8, 4) is 0 Å². The van der Waals surface area contributed by atoms with Gasteiger partial charge in [0.25, 0.3) is 0 Å². The SMILES string of the molecule is Fc1ccc([C@H]2CCNC2)nc1. The van der Waals surface area contributed by atoms with E-state index in [9.17, 15) is 4.39 Å². The molecule has 1 saturated heterocycles. The molecule has 0 saturated carbocycles. The highest BCUT2D eigenvalue weighted by Gasteiger charge is 2.17. The number of nitrogens with zero attached hydrogens (tertiary/aromatic N) is 1. The van der Waals surface area contributed by atoms with E-state index in [0.29, 0.717) is 5.92 Å². The van der Waals surface area contributed by atoms with Crippen molar-refractivity contribution in [2.75, 3.05) is 13.1 Å². The van der Waals surface area contributed by atoms with Gasteiger partial charge in [-0.25, -0.2) is 4.39 Å². The molecule has 64 valence electrons. The largest absolute Gasteiger partial charge is 0.316 e. The van der Waals surface area contributed by atoms with Crippen LogP contribution in [-0.2, 0) is 0 Å². The van der Waals surface area contributed by atoms with Gasteiger partial charge in [-0.05, 0) is 25.1 Å². The van der Waals surface area contributed by atoms with Gasteiger partial charge in [-0.3, -0.25) is 4.98 Å². The molecule has 1 aromatic heterocycles. The van der Waals surface area contributed by atoms with Crippen LogP contribution in [0.15, 0.2) is 18.3 Å². The Morgan fingerprint density at radius 1 is 1.50 bits per heavy atom. The predicted molar refractivity (Wildman–Crippen MR) is 44.4 cm³/mol. The van der Waals surface area contributed by atoms with Gasteiger partial charge >= 0.3 is 0 Å². The second-order valence-corrected chi connectivity index (χ2v) is 3.09. The summed E-state index contributed by atoms with van der Waals surface area (Å²) in [7, 11) is 0. The van der Waals surface area contributed by atoms with E-state index >= 15 is 0 Å². The Labute approximate surface area is 70.8 Å². The summed E-state index contributed by atoms with van der Waals surface area (Å²) >= 11 is 0. The van der Waals surface area contributed by atoms with E-state index in [1.807, 2.05) is 0 Å². The van der Waals surface area contributed by atoms with Crippen LogP contribution in [0.2, 0.25) is 0 Å². The van der Waals surface area contributed by atoms with Crippen LogP contribution in [0, 0.1) is 5.82 Å². The van der Waals surface area contributed by atoms with Crippen molar-refractivity contribution in [1.82, 2.24) is 10.3 Å². The topological polar surface area (TPSA) is 24.9 Å². The molecule has 1 aliphatic heterocycles. The normalized spacial score (nSPS) is 22.9. The summed E-state index contributed by atoms with van der Waals surface area (Å²) in [5.41, 5.74) is 1.00. The minimum Gasteiger partial charge on any atom is -0.316 e. The standard InChI is InChI=1S/C9H11FN2/c10-8-1-2-9(12-6-8)7-3-4-11-5-7/h1-2,6-7,11H,3-5H2/t7-/m0/s1.